The first-order valence-electron chi connectivity index (χ1n) is 10.7. The molecular weight excluding hydrogens is 346 g/mol. The summed E-state index contributed by atoms with van der Waals surface area (Å²) in [5, 5.41) is 0. The zero-order valence-electron chi connectivity index (χ0n) is 17.7. The van der Waals surface area contributed by atoms with E-state index in [0.717, 1.165) is 0 Å². The molecule has 0 aromatic heterocycles. The minimum atomic E-state index is -0.938. The van der Waals surface area contributed by atoms with Gasteiger partial charge in [-0.1, -0.05) is 136 Å². The van der Waals surface area contributed by atoms with E-state index >= 15 is 0 Å². The van der Waals surface area contributed by atoms with Gasteiger partial charge in [0.2, 0.25) is 0 Å². The number of rotatable bonds is 10. The van der Waals surface area contributed by atoms with E-state index in [2.05, 4.69) is 97.9 Å². The molecule has 0 saturated carbocycles. The first-order valence-corrected chi connectivity index (χ1v) is 10.7. The largest absolute Gasteiger partial charge is 1.00 e. The summed E-state index contributed by atoms with van der Waals surface area (Å²) in [5.74, 6) is 0. The van der Waals surface area contributed by atoms with Gasteiger partial charge in [-0.2, -0.15) is 22.7 Å². The van der Waals surface area contributed by atoms with E-state index in [-0.39, 0.29) is 29.6 Å². The van der Waals surface area contributed by atoms with Gasteiger partial charge in [0.05, 0.1) is 6.15 Å². The van der Waals surface area contributed by atoms with E-state index < -0.39 is 6.15 Å². The monoisotopic (exact) mass is 378 g/mol. The molecule has 0 spiro atoms. The summed E-state index contributed by atoms with van der Waals surface area (Å²) in [7, 11) is 0. The van der Waals surface area contributed by atoms with Gasteiger partial charge in [0.25, 0.3) is 0 Å². The smallest absolute Gasteiger partial charge is 0.200 e. The molecule has 140 valence electrons. The van der Waals surface area contributed by atoms with E-state index in [9.17, 15) is 0 Å². The van der Waals surface area contributed by atoms with Crippen molar-refractivity contribution in [1.82, 2.24) is 0 Å². The van der Waals surface area contributed by atoms with Crippen LogP contribution in [-0.2, 0) is 0 Å². The molecule has 0 aliphatic rings. The quantitative estimate of drug-likeness (QED) is 0.376. The maximum atomic E-state index is 2.33. The number of unbranched alkanes of at least 4 members (excludes halogenated alkanes) is 5. The van der Waals surface area contributed by atoms with E-state index in [1.54, 1.807) is 0 Å². The Balaban J connectivity index is 0.00000280. The number of hydrogen-bond donors (Lipinski definition) is 0. The van der Waals surface area contributed by atoms with Crippen molar-refractivity contribution >= 4 is 22.5 Å². The molecule has 0 fully saturated rings. The number of hydrogen-bond acceptors (Lipinski definition) is 0. The molecule has 0 saturated heterocycles. The molecule has 2 heteroatoms. The van der Waals surface area contributed by atoms with Crippen LogP contribution in [0.1, 0.15) is 45.4 Å². The molecular formula is C26H32BNa. The summed E-state index contributed by atoms with van der Waals surface area (Å²) in [6.07, 6.45) is 8.30. The van der Waals surface area contributed by atoms with Gasteiger partial charge in [-0.05, 0) is 0 Å². The van der Waals surface area contributed by atoms with Gasteiger partial charge in [0.1, 0.15) is 0 Å². The van der Waals surface area contributed by atoms with Crippen molar-refractivity contribution in [3.8, 4) is 0 Å². The van der Waals surface area contributed by atoms with Gasteiger partial charge < -0.3 is 0 Å². The van der Waals surface area contributed by atoms with Crippen molar-refractivity contribution in [2.45, 2.75) is 51.8 Å². The van der Waals surface area contributed by atoms with Crippen molar-refractivity contribution < 1.29 is 29.6 Å². The van der Waals surface area contributed by atoms with E-state index in [0.29, 0.717) is 0 Å². The summed E-state index contributed by atoms with van der Waals surface area (Å²) in [4.78, 5) is 0. The van der Waals surface area contributed by atoms with Gasteiger partial charge in [-0.3, -0.25) is 0 Å². The van der Waals surface area contributed by atoms with Crippen LogP contribution in [0.15, 0.2) is 91.0 Å². The average molecular weight is 378 g/mol. The Bertz CT molecular complexity index is 675. The Hall–Kier alpha value is -1.28. The summed E-state index contributed by atoms with van der Waals surface area (Å²) in [6, 6.07) is 33.5. The molecule has 28 heavy (non-hydrogen) atoms. The zero-order valence-corrected chi connectivity index (χ0v) is 19.7. The third-order valence-electron chi connectivity index (χ3n) is 6.10. The van der Waals surface area contributed by atoms with Gasteiger partial charge in [-0.15, -0.1) is 0 Å². The van der Waals surface area contributed by atoms with Crippen LogP contribution in [-0.4, -0.2) is 6.15 Å². The maximum Gasteiger partial charge on any atom is 1.00 e. The van der Waals surface area contributed by atoms with Crippen molar-refractivity contribution in [2.24, 2.45) is 0 Å². The SMILES string of the molecule is CCCCCCCC[B-](c1ccccc1)(c1ccccc1)c1ccccc1.[Na+]. The first kappa shape index (κ1) is 23.0. The molecule has 0 heterocycles. The molecule has 3 aromatic rings. The van der Waals surface area contributed by atoms with Gasteiger partial charge in [-0.25, -0.2) is 0 Å². The fourth-order valence-corrected chi connectivity index (χ4v) is 4.65. The van der Waals surface area contributed by atoms with Crippen LogP contribution in [0.2, 0.25) is 6.32 Å². The normalized spacial score (nSPS) is 11.0. The molecule has 0 N–H and O–H groups in total. The second-order valence-electron chi connectivity index (χ2n) is 7.83. The van der Waals surface area contributed by atoms with Crippen LogP contribution in [0.4, 0.5) is 0 Å². The van der Waals surface area contributed by atoms with E-state index in [1.807, 2.05) is 0 Å². The molecule has 0 bridgehead atoms. The fourth-order valence-electron chi connectivity index (χ4n) is 4.65. The van der Waals surface area contributed by atoms with Crippen molar-refractivity contribution in [3.63, 3.8) is 0 Å². The summed E-state index contributed by atoms with van der Waals surface area (Å²) < 4.78 is 0. The Morgan fingerprint density at radius 1 is 0.500 bits per heavy atom. The van der Waals surface area contributed by atoms with E-state index in [1.165, 1.54) is 61.2 Å². The van der Waals surface area contributed by atoms with Gasteiger partial charge in [0, 0.05) is 0 Å². The standard InChI is InChI=1S/C26H32B.Na/c1-2-3-4-5-6-16-23-27(24-17-10-7-11-18-24,25-19-12-8-13-20-25)26-21-14-9-15-22-26;/h7-15,17-22H,2-6,16,23H2,1H3;/q-1;+1. The van der Waals surface area contributed by atoms with Crippen LogP contribution in [0.3, 0.4) is 0 Å². The first-order chi connectivity index (χ1) is 13.4. The molecule has 0 aliphatic carbocycles. The van der Waals surface area contributed by atoms with E-state index in [4.69, 9.17) is 0 Å². The van der Waals surface area contributed by atoms with Crippen LogP contribution in [0.5, 0.6) is 0 Å². The molecule has 0 amide bonds. The summed E-state index contributed by atoms with van der Waals surface area (Å²) in [5.41, 5.74) is 4.38. The van der Waals surface area contributed by atoms with Gasteiger partial charge in [0.15, 0.2) is 0 Å². The topological polar surface area (TPSA) is 0 Å². The molecule has 0 aliphatic heterocycles. The van der Waals surface area contributed by atoms with Crippen LogP contribution >= 0.6 is 0 Å². The Morgan fingerprint density at radius 2 is 0.857 bits per heavy atom. The average Bonchev–Trinajstić information content (AvgIpc) is 2.75. The predicted octanol–water partition coefficient (Wildman–Crippen LogP) is 2.52. The second kappa shape index (κ2) is 12.3. The second-order valence-corrected chi connectivity index (χ2v) is 7.83. The van der Waals surface area contributed by atoms with Crippen LogP contribution in [0.25, 0.3) is 0 Å². The third-order valence-corrected chi connectivity index (χ3v) is 6.10. The maximum absolute atomic E-state index is 2.33. The van der Waals surface area contributed by atoms with Crippen molar-refractivity contribution in [3.05, 3.63) is 91.0 Å². The minimum absolute atomic E-state index is 0. The predicted molar refractivity (Wildman–Crippen MR) is 122 cm³/mol. The zero-order chi connectivity index (χ0) is 18.8. The molecule has 0 nitrogen and oxygen atoms in total. The molecule has 0 radical (unpaired) electrons. The fraction of sp³-hybridized carbons (Fsp3) is 0.308. The Morgan fingerprint density at radius 3 is 1.25 bits per heavy atom. The molecule has 3 aromatic carbocycles. The van der Waals surface area contributed by atoms with Crippen LogP contribution in [0, 0.1) is 0 Å². The van der Waals surface area contributed by atoms with Crippen LogP contribution < -0.4 is 45.9 Å². The van der Waals surface area contributed by atoms with Crippen molar-refractivity contribution in [2.75, 3.05) is 0 Å². The summed E-state index contributed by atoms with van der Waals surface area (Å²) in [6.45, 7) is 2.29. The number of benzene rings is 3. The Kier molecular flexibility index (Phi) is 10.1. The third kappa shape index (κ3) is 5.63. The summed E-state index contributed by atoms with van der Waals surface area (Å²) >= 11 is 0. The van der Waals surface area contributed by atoms with Crippen molar-refractivity contribution in [1.29, 1.82) is 0 Å². The molecule has 0 unspecified atom stereocenters. The minimum Gasteiger partial charge on any atom is -0.200 e. The molecule has 0 atom stereocenters. The molecule has 3 rings (SSSR count). The Labute approximate surface area is 194 Å². The van der Waals surface area contributed by atoms with Gasteiger partial charge >= 0.3 is 29.6 Å².